The lowest BCUT2D eigenvalue weighted by atomic mass is 9.88. The second kappa shape index (κ2) is 6.86. The summed E-state index contributed by atoms with van der Waals surface area (Å²) in [5.74, 6) is -1.81. The van der Waals surface area contributed by atoms with E-state index in [0.29, 0.717) is 6.42 Å². The second-order valence-corrected chi connectivity index (χ2v) is 6.87. The fourth-order valence-electron chi connectivity index (χ4n) is 2.47. The minimum absolute atomic E-state index is 0.0495. The molecule has 5 heteroatoms. The number of nitrogens with one attached hydrogen (secondary N) is 1. The van der Waals surface area contributed by atoms with Crippen LogP contribution in [0, 0.1) is 11.3 Å². The first kappa shape index (κ1) is 16.7. The van der Waals surface area contributed by atoms with Crippen molar-refractivity contribution >= 4 is 17.6 Å². The summed E-state index contributed by atoms with van der Waals surface area (Å²) in [5.41, 5.74) is 5.35. The quantitative estimate of drug-likeness (QED) is 0.724. The van der Waals surface area contributed by atoms with Gasteiger partial charge in [0, 0.05) is 5.92 Å². The topological polar surface area (TPSA) is 89.3 Å². The molecule has 0 aromatic rings. The average molecular weight is 282 g/mol. The average Bonchev–Trinajstić information content (AvgIpc) is 2.85. The van der Waals surface area contributed by atoms with Crippen LogP contribution in [0.5, 0.6) is 0 Å². The van der Waals surface area contributed by atoms with Gasteiger partial charge in [0.15, 0.2) is 0 Å². The third-order valence-electron chi connectivity index (χ3n) is 3.78. The smallest absolute Gasteiger partial charge is 0.288 e. The van der Waals surface area contributed by atoms with Crippen molar-refractivity contribution in [1.29, 1.82) is 0 Å². The minimum Gasteiger partial charge on any atom is -0.368 e. The summed E-state index contributed by atoms with van der Waals surface area (Å²) in [6.07, 6.45) is 4.74. The Labute approximate surface area is 120 Å². The summed E-state index contributed by atoms with van der Waals surface area (Å²) in [6, 6.07) is -0.757. The molecule has 0 aromatic carbocycles. The van der Waals surface area contributed by atoms with Gasteiger partial charge in [-0.25, -0.2) is 0 Å². The highest BCUT2D eigenvalue weighted by atomic mass is 16.2. The van der Waals surface area contributed by atoms with E-state index in [-0.39, 0.29) is 11.3 Å². The Hall–Kier alpha value is -1.39. The molecule has 114 valence electrons. The van der Waals surface area contributed by atoms with Gasteiger partial charge in [0.1, 0.15) is 6.04 Å². The van der Waals surface area contributed by atoms with Gasteiger partial charge in [-0.1, -0.05) is 33.6 Å². The molecule has 0 spiro atoms. The summed E-state index contributed by atoms with van der Waals surface area (Å²) in [6.45, 7) is 6.16. The van der Waals surface area contributed by atoms with Gasteiger partial charge in [0.05, 0.1) is 0 Å². The first-order valence-electron chi connectivity index (χ1n) is 7.35. The molecule has 1 rings (SSSR count). The number of carbonyl (C=O) groups excluding carboxylic acids is 3. The molecule has 1 atom stereocenters. The lowest BCUT2D eigenvalue weighted by molar-refractivity contribution is -0.141. The van der Waals surface area contributed by atoms with E-state index in [1.54, 1.807) is 0 Å². The van der Waals surface area contributed by atoms with Crippen LogP contribution in [0.1, 0.15) is 59.3 Å². The van der Waals surface area contributed by atoms with Crippen LogP contribution >= 0.6 is 0 Å². The number of ketones is 1. The van der Waals surface area contributed by atoms with Crippen LogP contribution in [0.4, 0.5) is 0 Å². The molecule has 1 aliphatic carbocycles. The third kappa shape index (κ3) is 5.31. The van der Waals surface area contributed by atoms with Gasteiger partial charge in [0.2, 0.25) is 11.7 Å². The zero-order chi connectivity index (χ0) is 15.3. The van der Waals surface area contributed by atoms with Crippen LogP contribution in [0.25, 0.3) is 0 Å². The van der Waals surface area contributed by atoms with E-state index in [1.165, 1.54) is 0 Å². The molecule has 3 N–H and O–H groups in total. The van der Waals surface area contributed by atoms with Crippen molar-refractivity contribution < 1.29 is 14.4 Å². The zero-order valence-electron chi connectivity index (χ0n) is 12.7. The molecule has 5 nitrogen and oxygen atoms in total. The number of amides is 2. The van der Waals surface area contributed by atoms with Crippen LogP contribution in [-0.4, -0.2) is 23.6 Å². The van der Waals surface area contributed by atoms with E-state index in [9.17, 15) is 14.4 Å². The number of rotatable bonds is 6. The highest BCUT2D eigenvalue weighted by Crippen LogP contribution is 2.25. The van der Waals surface area contributed by atoms with Crippen molar-refractivity contribution in [2.75, 3.05) is 0 Å². The number of primary amides is 1. The first-order chi connectivity index (χ1) is 9.20. The predicted octanol–water partition coefficient (Wildman–Crippen LogP) is 1.54. The highest BCUT2D eigenvalue weighted by molar-refractivity contribution is 6.37. The van der Waals surface area contributed by atoms with E-state index in [0.717, 1.165) is 32.1 Å². The van der Waals surface area contributed by atoms with Crippen LogP contribution < -0.4 is 11.1 Å². The van der Waals surface area contributed by atoms with Gasteiger partial charge < -0.3 is 11.1 Å². The Kier molecular flexibility index (Phi) is 5.72. The lowest BCUT2D eigenvalue weighted by Gasteiger charge is -2.22. The van der Waals surface area contributed by atoms with E-state index >= 15 is 0 Å². The maximum Gasteiger partial charge on any atom is 0.288 e. The van der Waals surface area contributed by atoms with E-state index in [4.69, 9.17) is 5.73 Å². The molecule has 20 heavy (non-hydrogen) atoms. The fraction of sp³-hybridized carbons (Fsp3) is 0.800. The number of hydrogen-bond acceptors (Lipinski definition) is 3. The fourth-order valence-corrected chi connectivity index (χ4v) is 2.47. The minimum atomic E-state index is -0.757. The molecule has 1 fully saturated rings. The van der Waals surface area contributed by atoms with E-state index in [1.807, 2.05) is 0 Å². The Morgan fingerprint density at radius 3 is 2.20 bits per heavy atom. The van der Waals surface area contributed by atoms with Gasteiger partial charge in [-0.15, -0.1) is 0 Å². The van der Waals surface area contributed by atoms with Crippen molar-refractivity contribution in [1.82, 2.24) is 5.32 Å². The van der Waals surface area contributed by atoms with Gasteiger partial charge in [-0.05, 0) is 31.1 Å². The largest absolute Gasteiger partial charge is 0.368 e. The lowest BCUT2D eigenvalue weighted by Crippen LogP contribution is -2.48. The molecule has 1 saturated carbocycles. The molecule has 0 heterocycles. The summed E-state index contributed by atoms with van der Waals surface area (Å²) in [5, 5.41) is 2.50. The van der Waals surface area contributed by atoms with Gasteiger partial charge in [-0.3, -0.25) is 14.4 Å². The maximum atomic E-state index is 11.9. The number of nitrogens with two attached hydrogens (primary N) is 1. The van der Waals surface area contributed by atoms with Crippen LogP contribution in [0.15, 0.2) is 0 Å². The number of hydrogen-bond donors (Lipinski definition) is 2. The zero-order valence-corrected chi connectivity index (χ0v) is 12.7. The molecule has 1 unspecified atom stereocenters. The summed E-state index contributed by atoms with van der Waals surface area (Å²) >= 11 is 0. The van der Waals surface area contributed by atoms with Crippen LogP contribution in [-0.2, 0) is 14.4 Å². The first-order valence-corrected chi connectivity index (χ1v) is 7.35. The Balaban J connectivity index is 2.54. The van der Waals surface area contributed by atoms with Crippen molar-refractivity contribution in [3.05, 3.63) is 0 Å². The van der Waals surface area contributed by atoms with Crippen LogP contribution in [0.2, 0.25) is 0 Å². The summed E-state index contributed by atoms with van der Waals surface area (Å²) in [7, 11) is 0. The van der Waals surface area contributed by atoms with Gasteiger partial charge in [-0.2, -0.15) is 0 Å². The molecule has 1 aliphatic rings. The van der Waals surface area contributed by atoms with E-state index < -0.39 is 23.6 Å². The van der Waals surface area contributed by atoms with Crippen molar-refractivity contribution in [3.8, 4) is 0 Å². The molecular weight excluding hydrogens is 256 g/mol. The second-order valence-electron chi connectivity index (χ2n) is 6.87. The van der Waals surface area contributed by atoms with Crippen molar-refractivity contribution in [3.63, 3.8) is 0 Å². The molecule has 0 saturated heterocycles. The highest BCUT2D eigenvalue weighted by Gasteiger charge is 2.30. The Morgan fingerprint density at radius 1 is 1.20 bits per heavy atom. The molecule has 0 bridgehead atoms. The van der Waals surface area contributed by atoms with Crippen LogP contribution in [0.3, 0.4) is 0 Å². The van der Waals surface area contributed by atoms with E-state index in [2.05, 4.69) is 26.1 Å². The number of Topliss-reactive ketones (excluding diaryl/α,β-unsaturated/α-hetero) is 1. The Bertz CT molecular complexity index is 379. The predicted molar refractivity (Wildman–Crippen MR) is 76.8 cm³/mol. The van der Waals surface area contributed by atoms with Crippen molar-refractivity contribution in [2.24, 2.45) is 17.1 Å². The molecule has 2 amide bonds. The Morgan fingerprint density at radius 2 is 1.75 bits per heavy atom. The summed E-state index contributed by atoms with van der Waals surface area (Å²) < 4.78 is 0. The molecule has 0 aromatic heterocycles. The van der Waals surface area contributed by atoms with Gasteiger partial charge in [0.25, 0.3) is 5.91 Å². The standard InChI is InChI=1S/C15H26N2O3/c1-15(2,3)9-8-11(13(16)19)17-14(20)12(18)10-6-4-5-7-10/h10-11H,4-9H2,1-3H3,(H2,16,19)(H,17,20). The maximum absolute atomic E-state index is 11.9. The molecule has 0 radical (unpaired) electrons. The SMILES string of the molecule is CC(C)(C)CCC(NC(=O)C(=O)C1CCCC1)C(N)=O. The van der Waals surface area contributed by atoms with Crippen molar-refractivity contribution in [2.45, 2.75) is 65.3 Å². The molecule has 0 aliphatic heterocycles. The summed E-state index contributed by atoms with van der Waals surface area (Å²) in [4.78, 5) is 35.2. The van der Waals surface area contributed by atoms with Gasteiger partial charge >= 0.3 is 0 Å². The normalized spacial score (nSPS) is 17.8. The monoisotopic (exact) mass is 282 g/mol. The number of carbonyl (C=O) groups is 3. The third-order valence-corrected chi connectivity index (χ3v) is 3.78. The molecular formula is C15H26N2O3.